The van der Waals surface area contributed by atoms with Crippen LogP contribution >= 0.6 is 0 Å². The van der Waals surface area contributed by atoms with Crippen molar-refractivity contribution in [2.75, 3.05) is 19.8 Å². The van der Waals surface area contributed by atoms with Crippen molar-refractivity contribution in [1.29, 1.82) is 0 Å². The largest absolute Gasteiger partial charge is 0.394 e. The summed E-state index contributed by atoms with van der Waals surface area (Å²) in [6.45, 7) is 2.71. The monoisotopic (exact) mass is 966 g/mol. The lowest BCUT2D eigenvalue weighted by molar-refractivity contribution is -0.359. The summed E-state index contributed by atoms with van der Waals surface area (Å²) in [4.78, 5) is 13.2. The van der Waals surface area contributed by atoms with E-state index in [1.165, 1.54) is 57.8 Å². The summed E-state index contributed by atoms with van der Waals surface area (Å²) in [6, 6.07) is -0.841. The number of hydrogen-bond acceptors (Lipinski definition) is 13. The minimum atomic E-state index is -1.79. The van der Waals surface area contributed by atoms with E-state index in [1.54, 1.807) is 0 Å². The highest BCUT2D eigenvalue weighted by Gasteiger charge is 2.51. The maximum Gasteiger partial charge on any atom is 0.220 e. The molecule has 0 aromatic heterocycles. The zero-order valence-corrected chi connectivity index (χ0v) is 41.8. The molecule has 0 bridgehead atoms. The van der Waals surface area contributed by atoms with Crippen LogP contribution in [0, 0.1) is 0 Å². The van der Waals surface area contributed by atoms with Gasteiger partial charge < -0.3 is 65.1 Å². The summed E-state index contributed by atoms with van der Waals surface area (Å²) in [7, 11) is 0. The normalized spacial score (nSPS) is 26.9. The zero-order valence-electron chi connectivity index (χ0n) is 41.8. The van der Waals surface area contributed by atoms with Crippen molar-refractivity contribution in [3.05, 3.63) is 60.8 Å². The molecule has 14 heteroatoms. The molecule has 394 valence electrons. The van der Waals surface area contributed by atoms with Gasteiger partial charge in [0.1, 0.15) is 48.8 Å². The van der Waals surface area contributed by atoms with Crippen molar-refractivity contribution in [3.8, 4) is 0 Å². The number of carbonyl (C=O) groups excluding carboxylic acids is 1. The number of aliphatic hydroxyl groups excluding tert-OH is 8. The number of hydrogen-bond donors (Lipinski definition) is 9. The number of amides is 1. The fourth-order valence-corrected chi connectivity index (χ4v) is 8.44. The highest BCUT2D eigenvalue weighted by atomic mass is 16.7. The summed E-state index contributed by atoms with van der Waals surface area (Å²) in [5.74, 6) is -0.229. The molecule has 0 aliphatic carbocycles. The van der Waals surface area contributed by atoms with Crippen molar-refractivity contribution in [2.45, 2.75) is 254 Å². The summed E-state index contributed by atoms with van der Waals surface area (Å²) < 4.78 is 22.7. The number of carbonyl (C=O) groups is 1. The molecule has 1 amide bonds. The average Bonchev–Trinajstić information content (AvgIpc) is 3.34. The SMILES string of the molecule is CC/C=C\C/C=C\C/C=C\C/C=C\C/C=C\CCCCCCCC(=O)NC(COC1OC(CO)C(OC2OC(CO)C(O)C(O)C2O)C(O)C1O)C(O)CCCCCCCCCCCCCCC. The Kier molecular flexibility index (Phi) is 36.6. The van der Waals surface area contributed by atoms with Crippen LogP contribution in [-0.4, -0.2) is 140 Å². The van der Waals surface area contributed by atoms with Crippen LogP contribution in [0.4, 0.5) is 0 Å². The van der Waals surface area contributed by atoms with Crippen LogP contribution in [0.15, 0.2) is 60.8 Å². The van der Waals surface area contributed by atoms with Crippen LogP contribution in [0.5, 0.6) is 0 Å². The molecule has 12 unspecified atom stereocenters. The van der Waals surface area contributed by atoms with Crippen LogP contribution in [0.25, 0.3) is 0 Å². The van der Waals surface area contributed by atoms with Gasteiger partial charge in [-0.3, -0.25) is 4.79 Å². The molecule has 0 aromatic rings. The Morgan fingerprint density at radius 1 is 0.544 bits per heavy atom. The molecule has 2 fully saturated rings. The standard InChI is InChI=1S/C54H95NO13/c1-3-5-7-9-11-13-15-17-18-19-20-21-22-23-24-26-28-30-32-34-36-38-46(59)55-42(43(58)37-35-33-31-29-27-25-16-14-12-10-8-6-4-2)41-65-53-51(64)49(62)52(45(40-57)67-53)68-54-50(63)48(61)47(60)44(39-56)66-54/h5,7,11,13,17-18,20-21,23-24,42-45,47-54,56-58,60-64H,3-4,6,8-10,12,14-16,19,22,25-41H2,1-2H3,(H,55,59)/b7-5-,13-11-,18-17-,21-20-,24-23-. The van der Waals surface area contributed by atoms with E-state index in [0.717, 1.165) is 89.9 Å². The number of ether oxygens (including phenoxy) is 4. The second-order valence-electron chi connectivity index (χ2n) is 18.6. The first kappa shape index (κ1) is 61.8. The number of rotatable bonds is 40. The Bertz CT molecular complexity index is 1370. The van der Waals surface area contributed by atoms with Gasteiger partial charge in [-0.05, 0) is 57.8 Å². The fourth-order valence-electron chi connectivity index (χ4n) is 8.44. The first-order valence-electron chi connectivity index (χ1n) is 26.5. The van der Waals surface area contributed by atoms with E-state index in [1.807, 2.05) is 0 Å². The van der Waals surface area contributed by atoms with Crippen molar-refractivity contribution >= 4 is 5.91 Å². The van der Waals surface area contributed by atoms with Crippen LogP contribution in [0.1, 0.15) is 181 Å². The van der Waals surface area contributed by atoms with E-state index in [4.69, 9.17) is 18.9 Å². The minimum Gasteiger partial charge on any atom is -0.394 e. The summed E-state index contributed by atoms with van der Waals surface area (Å²) >= 11 is 0. The lowest BCUT2D eigenvalue weighted by Crippen LogP contribution is -2.65. The molecule has 0 aromatic carbocycles. The smallest absolute Gasteiger partial charge is 0.220 e. The number of nitrogens with one attached hydrogen (secondary N) is 1. The first-order valence-corrected chi connectivity index (χ1v) is 26.5. The quantitative estimate of drug-likeness (QED) is 0.0215. The molecule has 12 atom stereocenters. The third-order valence-corrected chi connectivity index (χ3v) is 12.7. The van der Waals surface area contributed by atoms with Gasteiger partial charge in [-0.15, -0.1) is 0 Å². The molecule has 2 rings (SSSR count). The molecule has 0 spiro atoms. The third-order valence-electron chi connectivity index (χ3n) is 12.7. The van der Waals surface area contributed by atoms with Crippen LogP contribution in [0.2, 0.25) is 0 Å². The average molecular weight is 966 g/mol. The molecule has 68 heavy (non-hydrogen) atoms. The predicted octanol–water partition coefficient (Wildman–Crippen LogP) is 7.44. The molecular formula is C54H95NO13. The Morgan fingerprint density at radius 2 is 1.01 bits per heavy atom. The summed E-state index contributed by atoms with van der Waals surface area (Å²) in [5, 5.41) is 86.9. The van der Waals surface area contributed by atoms with Gasteiger partial charge in [-0.1, -0.05) is 177 Å². The molecule has 2 heterocycles. The lowest BCUT2D eigenvalue weighted by atomic mass is 9.97. The Morgan fingerprint density at radius 3 is 1.56 bits per heavy atom. The first-order chi connectivity index (χ1) is 33.1. The summed E-state index contributed by atoms with van der Waals surface area (Å²) in [5.41, 5.74) is 0. The van der Waals surface area contributed by atoms with E-state index < -0.39 is 86.8 Å². The second-order valence-corrected chi connectivity index (χ2v) is 18.6. The summed E-state index contributed by atoms with van der Waals surface area (Å²) in [6.07, 6.45) is 32.1. The molecule has 2 aliphatic rings. The van der Waals surface area contributed by atoms with E-state index in [2.05, 4.69) is 79.9 Å². The molecule has 9 N–H and O–H groups in total. The molecule has 0 radical (unpaired) electrons. The van der Waals surface area contributed by atoms with Crippen molar-refractivity contribution in [1.82, 2.24) is 5.32 Å². The van der Waals surface area contributed by atoms with Gasteiger partial charge in [0.25, 0.3) is 0 Å². The van der Waals surface area contributed by atoms with E-state index in [9.17, 15) is 45.6 Å². The van der Waals surface area contributed by atoms with Gasteiger partial charge in [-0.2, -0.15) is 0 Å². The Hall–Kier alpha value is -2.31. The topological polar surface area (TPSA) is 228 Å². The van der Waals surface area contributed by atoms with Gasteiger partial charge in [-0.25, -0.2) is 0 Å². The maximum absolute atomic E-state index is 13.2. The Balaban J connectivity index is 1.81. The predicted molar refractivity (Wildman–Crippen MR) is 267 cm³/mol. The van der Waals surface area contributed by atoms with Gasteiger partial charge in [0.05, 0.1) is 32.0 Å². The fraction of sp³-hybridized carbons (Fsp3) is 0.796. The number of aliphatic hydroxyl groups is 8. The van der Waals surface area contributed by atoms with Gasteiger partial charge in [0.15, 0.2) is 12.6 Å². The highest BCUT2D eigenvalue weighted by Crippen LogP contribution is 2.30. The Labute approximate surface area is 409 Å². The molecule has 0 saturated carbocycles. The molecular weight excluding hydrogens is 871 g/mol. The highest BCUT2D eigenvalue weighted by molar-refractivity contribution is 5.76. The number of unbranched alkanes of at least 4 members (excludes halogenated alkanes) is 17. The minimum absolute atomic E-state index is 0.229. The number of allylic oxidation sites excluding steroid dienone is 10. The molecule has 2 saturated heterocycles. The van der Waals surface area contributed by atoms with Crippen molar-refractivity contribution in [3.63, 3.8) is 0 Å². The zero-order chi connectivity index (χ0) is 49.6. The molecule has 14 nitrogen and oxygen atoms in total. The van der Waals surface area contributed by atoms with E-state index in [0.29, 0.717) is 12.8 Å². The van der Waals surface area contributed by atoms with Crippen molar-refractivity contribution < 1.29 is 64.6 Å². The molecule has 2 aliphatic heterocycles. The van der Waals surface area contributed by atoms with Crippen LogP contribution in [0.3, 0.4) is 0 Å². The van der Waals surface area contributed by atoms with Crippen LogP contribution in [-0.2, 0) is 23.7 Å². The van der Waals surface area contributed by atoms with Gasteiger partial charge >= 0.3 is 0 Å². The van der Waals surface area contributed by atoms with Gasteiger partial charge in [0, 0.05) is 6.42 Å². The lowest BCUT2D eigenvalue weighted by Gasteiger charge is -2.46. The van der Waals surface area contributed by atoms with Crippen molar-refractivity contribution in [2.24, 2.45) is 0 Å². The van der Waals surface area contributed by atoms with E-state index >= 15 is 0 Å². The third kappa shape index (κ3) is 26.8. The maximum atomic E-state index is 13.2. The van der Waals surface area contributed by atoms with Crippen LogP contribution < -0.4 is 5.32 Å². The van der Waals surface area contributed by atoms with E-state index in [-0.39, 0.29) is 18.9 Å². The second kappa shape index (κ2) is 40.3. The van der Waals surface area contributed by atoms with Gasteiger partial charge in [0.2, 0.25) is 5.91 Å².